The van der Waals surface area contributed by atoms with Gasteiger partial charge in [0.15, 0.2) is 23.0 Å². The maximum absolute atomic E-state index is 13.8. The molecule has 1 saturated carbocycles. The predicted octanol–water partition coefficient (Wildman–Crippen LogP) is 3.56. The molecule has 0 radical (unpaired) electrons. The summed E-state index contributed by atoms with van der Waals surface area (Å²) in [5.41, 5.74) is -0.914. The number of alkyl halides is 3. The highest BCUT2D eigenvalue weighted by atomic mass is 35.5. The fourth-order valence-corrected chi connectivity index (χ4v) is 6.65. The number of anilines is 2. The van der Waals surface area contributed by atoms with Crippen LogP contribution < -0.4 is 14.5 Å². The molecule has 9 nitrogen and oxygen atoms in total. The zero-order valence-corrected chi connectivity index (χ0v) is 22.3. The van der Waals surface area contributed by atoms with Crippen molar-refractivity contribution in [2.24, 2.45) is 5.41 Å². The average molecular weight is 580 g/mol. The number of nitrogens with zero attached hydrogens (tertiary/aromatic N) is 7. The van der Waals surface area contributed by atoms with Gasteiger partial charge < -0.3 is 19.6 Å². The van der Waals surface area contributed by atoms with E-state index in [1.165, 1.54) is 7.11 Å². The summed E-state index contributed by atoms with van der Waals surface area (Å²) in [4.78, 5) is 10.3. The number of pyridine rings is 1. The van der Waals surface area contributed by atoms with Crippen LogP contribution in [0.3, 0.4) is 0 Å². The molecule has 0 amide bonds. The van der Waals surface area contributed by atoms with E-state index in [0.29, 0.717) is 35.7 Å². The van der Waals surface area contributed by atoms with Crippen molar-refractivity contribution in [2.75, 3.05) is 43.1 Å². The number of fused-ring (bicyclic) bond motifs is 3. The first kappa shape index (κ1) is 25.8. The summed E-state index contributed by atoms with van der Waals surface area (Å²) in [6.45, 7) is 3.68. The molecular weight excluding hydrogens is 554 g/mol. The molecule has 7 rings (SSSR count). The van der Waals surface area contributed by atoms with Gasteiger partial charge in [-0.1, -0.05) is 11.6 Å². The lowest BCUT2D eigenvalue weighted by Gasteiger charge is -2.60. The van der Waals surface area contributed by atoms with Crippen molar-refractivity contribution >= 4 is 23.4 Å². The van der Waals surface area contributed by atoms with Crippen LogP contribution in [0.2, 0.25) is 5.02 Å². The number of hydrogen-bond acceptors (Lipinski definition) is 8. The van der Waals surface area contributed by atoms with Crippen LogP contribution in [0.25, 0.3) is 5.69 Å². The maximum atomic E-state index is 13.8. The van der Waals surface area contributed by atoms with E-state index in [9.17, 15) is 22.7 Å². The number of methoxy groups -OCH3 is 1. The van der Waals surface area contributed by atoms with Crippen molar-refractivity contribution in [1.29, 1.82) is 0 Å². The van der Waals surface area contributed by atoms with Gasteiger partial charge in [-0.25, -0.2) is 9.37 Å². The van der Waals surface area contributed by atoms with Gasteiger partial charge >= 0.3 is 6.18 Å². The van der Waals surface area contributed by atoms with Gasteiger partial charge in [-0.2, -0.15) is 13.2 Å². The summed E-state index contributed by atoms with van der Waals surface area (Å²) >= 11 is 6.31. The molecule has 0 unspecified atom stereocenters. The van der Waals surface area contributed by atoms with Crippen molar-refractivity contribution in [3.05, 3.63) is 52.7 Å². The first-order valence-corrected chi connectivity index (χ1v) is 13.3. The summed E-state index contributed by atoms with van der Waals surface area (Å²) in [7, 11) is 1.42. The van der Waals surface area contributed by atoms with Crippen molar-refractivity contribution in [2.45, 2.75) is 43.8 Å². The average Bonchev–Trinajstić information content (AvgIpc) is 3.15. The standard InChI is InChI=1S/C26H26ClF4N7O2/c1-40-20-5-21(32-8-18(20)28)36-11-24(12-36)13-37(14-24)23-34-33-22-10-35(17-6-25(39,7-17)26(29,30)31)9-15-4-16(27)2-3-19(15)38(22)23/h2-5,8,17,39H,6-7,9-14H2,1H3. The van der Waals surface area contributed by atoms with Gasteiger partial charge in [0.05, 0.1) is 25.5 Å². The normalized spacial score (nSPS) is 25.4. The molecular formula is C26H26ClF4N7O2. The fourth-order valence-electron chi connectivity index (χ4n) is 6.45. The monoisotopic (exact) mass is 579 g/mol. The van der Waals surface area contributed by atoms with Crippen LogP contribution in [0.15, 0.2) is 30.5 Å². The third kappa shape index (κ3) is 3.92. The second-order valence-electron chi connectivity index (χ2n) is 11.4. The van der Waals surface area contributed by atoms with E-state index in [1.807, 2.05) is 21.6 Å². The van der Waals surface area contributed by atoms with E-state index < -0.39 is 23.6 Å². The first-order valence-electron chi connectivity index (χ1n) is 12.9. The van der Waals surface area contributed by atoms with Gasteiger partial charge in [0.2, 0.25) is 5.95 Å². The summed E-state index contributed by atoms with van der Waals surface area (Å²) in [6.07, 6.45) is -4.26. The van der Waals surface area contributed by atoms with Gasteiger partial charge in [-0.3, -0.25) is 9.47 Å². The molecule has 212 valence electrons. The van der Waals surface area contributed by atoms with E-state index in [4.69, 9.17) is 16.3 Å². The van der Waals surface area contributed by atoms with E-state index in [2.05, 4.69) is 25.0 Å². The third-order valence-electron chi connectivity index (χ3n) is 8.64. The van der Waals surface area contributed by atoms with Crippen LogP contribution in [0.1, 0.15) is 24.2 Å². The SMILES string of the molecule is COc1cc(N2CC3(C2)CN(c2nnc4n2-c2ccc(Cl)cc2CN(C2CC(O)(C(F)(F)F)C2)C4)C3)ncc1F. The minimum absolute atomic E-state index is 0.0449. The third-order valence-corrected chi connectivity index (χ3v) is 8.88. The van der Waals surface area contributed by atoms with Crippen LogP contribution in [-0.4, -0.2) is 80.9 Å². The molecule has 0 bridgehead atoms. The van der Waals surface area contributed by atoms with Crippen LogP contribution in [0, 0.1) is 11.2 Å². The Kier molecular flexibility index (Phi) is 5.59. The Hall–Kier alpha value is -3.16. The molecule has 2 saturated heterocycles. The molecule has 14 heteroatoms. The number of halogens is 5. The zero-order valence-electron chi connectivity index (χ0n) is 21.5. The summed E-state index contributed by atoms with van der Waals surface area (Å²) in [5.74, 6) is 1.61. The van der Waals surface area contributed by atoms with Crippen molar-refractivity contribution < 1.29 is 27.4 Å². The highest BCUT2D eigenvalue weighted by molar-refractivity contribution is 6.30. The number of ether oxygens (including phenoxy) is 1. The summed E-state index contributed by atoms with van der Waals surface area (Å²) < 4.78 is 60.7. The lowest BCUT2D eigenvalue weighted by molar-refractivity contribution is -0.300. The van der Waals surface area contributed by atoms with Gasteiger partial charge in [0, 0.05) is 68.1 Å². The Morgan fingerprint density at radius 1 is 1.05 bits per heavy atom. The molecule has 4 aliphatic rings. The Balaban J connectivity index is 1.10. The second kappa shape index (κ2) is 8.67. The van der Waals surface area contributed by atoms with Gasteiger partial charge in [-0.15, -0.1) is 10.2 Å². The van der Waals surface area contributed by atoms with Crippen LogP contribution in [0.5, 0.6) is 5.75 Å². The molecule has 1 aliphatic carbocycles. The zero-order chi connectivity index (χ0) is 28.0. The highest BCUT2D eigenvalue weighted by Crippen LogP contribution is 2.49. The number of aromatic nitrogens is 4. The Bertz CT molecular complexity index is 1480. The number of hydrogen-bond donors (Lipinski definition) is 1. The molecule has 5 heterocycles. The van der Waals surface area contributed by atoms with Crippen molar-refractivity contribution in [3.63, 3.8) is 0 Å². The van der Waals surface area contributed by atoms with Crippen LogP contribution in [-0.2, 0) is 13.1 Å². The van der Waals surface area contributed by atoms with Crippen LogP contribution >= 0.6 is 11.6 Å². The lowest BCUT2D eigenvalue weighted by Crippen LogP contribution is -2.73. The topological polar surface area (TPSA) is 82.8 Å². The van der Waals surface area contributed by atoms with Gasteiger partial charge in [0.1, 0.15) is 5.82 Å². The van der Waals surface area contributed by atoms with E-state index in [0.717, 1.165) is 43.6 Å². The Labute approximate surface area is 231 Å². The number of rotatable bonds is 4. The van der Waals surface area contributed by atoms with Gasteiger partial charge in [-0.05, 0) is 23.8 Å². The Morgan fingerprint density at radius 2 is 1.77 bits per heavy atom. The van der Waals surface area contributed by atoms with Crippen LogP contribution in [0.4, 0.5) is 29.3 Å². The lowest BCUT2D eigenvalue weighted by atomic mass is 9.73. The smallest absolute Gasteiger partial charge is 0.417 e. The minimum atomic E-state index is -4.66. The second-order valence-corrected chi connectivity index (χ2v) is 11.8. The van der Waals surface area contributed by atoms with Crippen molar-refractivity contribution in [1.82, 2.24) is 24.6 Å². The first-order chi connectivity index (χ1) is 19.0. The quantitative estimate of drug-likeness (QED) is 0.470. The largest absolute Gasteiger partial charge is 0.493 e. The summed E-state index contributed by atoms with van der Waals surface area (Å²) in [5, 5.41) is 19.5. The molecule has 0 atom stereocenters. The number of aliphatic hydroxyl groups is 1. The molecule has 40 heavy (non-hydrogen) atoms. The minimum Gasteiger partial charge on any atom is -0.493 e. The molecule has 3 aliphatic heterocycles. The molecule has 1 N–H and O–H groups in total. The molecule has 2 aromatic heterocycles. The Morgan fingerprint density at radius 3 is 2.48 bits per heavy atom. The molecule has 3 fully saturated rings. The van der Waals surface area contributed by atoms with E-state index >= 15 is 0 Å². The van der Waals surface area contributed by atoms with Crippen molar-refractivity contribution in [3.8, 4) is 11.4 Å². The van der Waals surface area contributed by atoms with E-state index in [1.54, 1.807) is 12.1 Å². The summed E-state index contributed by atoms with van der Waals surface area (Å²) in [6, 6.07) is 6.64. The highest BCUT2D eigenvalue weighted by Gasteiger charge is 2.62. The molecule has 1 aromatic carbocycles. The molecule has 1 spiro atoms. The maximum Gasteiger partial charge on any atom is 0.417 e. The predicted molar refractivity (Wildman–Crippen MR) is 137 cm³/mol. The molecule has 3 aromatic rings. The van der Waals surface area contributed by atoms with E-state index in [-0.39, 0.29) is 24.0 Å². The van der Waals surface area contributed by atoms with Gasteiger partial charge in [0.25, 0.3) is 0 Å². The fraction of sp³-hybridized carbons (Fsp3) is 0.500. The number of benzene rings is 1.